The average molecular weight is 483 g/mol. The van der Waals surface area contributed by atoms with Gasteiger partial charge >= 0.3 is 5.97 Å². The first-order valence-corrected chi connectivity index (χ1v) is 13.9. The summed E-state index contributed by atoms with van der Waals surface area (Å²) in [6.45, 7) is 6.68. The lowest BCUT2D eigenvalue weighted by Gasteiger charge is -2.42. The van der Waals surface area contributed by atoms with Crippen molar-refractivity contribution in [2.75, 3.05) is 0 Å². The fraction of sp³-hybridized carbons (Fsp3) is 0.536. The Balaban J connectivity index is 1.58. The molecule has 0 N–H and O–H groups in total. The Morgan fingerprint density at radius 1 is 0.971 bits per heavy atom. The summed E-state index contributed by atoms with van der Waals surface area (Å²) in [4.78, 5) is 13.4. The van der Waals surface area contributed by atoms with Crippen LogP contribution in [0.3, 0.4) is 0 Å². The summed E-state index contributed by atoms with van der Waals surface area (Å²) in [5.41, 5.74) is 1.96. The van der Waals surface area contributed by atoms with Gasteiger partial charge in [-0.05, 0) is 73.1 Å². The lowest BCUT2D eigenvalue weighted by atomic mass is 9.74. The van der Waals surface area contributed by atoms with Gasteiger partial charge in [0.05, 0.1) is 16.9 Å². The van der Waals surface area contributed by atoms with Crippen molar-refractivity contribution >= 4 is 15.8 Å². The molecule has 0 aromatic heterocycles. The Bertz CT molecular complexity index is 1160. The average Bonchev–Trinajstić information content (AvgIpc) is 3.09. The van der Waals surface area contributed by atoms with Crippen LogP contribution in [0.1, 0.15) is 51.2 Å². The van der Waals surface area contributed by atoms with E-state index in [2.05, 4.69) is 20.8 Å². The zero-order valence-corrected chi connectivity index (χ0v) is 21.0. The van der Waals surface area contributed by atoms with E-state index in [0.29, 0.717) is 24.2 Å². The Morgan fingerprint density at radius 3 is 2.35 bits per heavy atom. The molecular formula is C28H34O5S. The minimum Gasteiger partial charge on any atom is -0.434 e. The number of benzene rings is 2. The van der Waals surface area contributed by atoms with E-state index in [9.17, 15) is 13.2 Å². The van der Waals surface area contributed by atoms with Crippen LogP contribution in [-0.2, 0) is 36.9 Å². The van der Waals surface area contributed by atoms with Crippen molar-refractivity contribution in [2.24, 2.45) is 23.7 Å². The fourth-order valence-corrected chi connectivity index (χ4v) is 8.56. The van der Waals surface area contributed by atoms with Gasteiger partial charge in [-0.1, -0.05) is 63.2 Å². The van der Waals surface area contributed by atoms with E-state index in [-0.39, 0.29) is 17.4 Å². The van der Waals surface area contributed by atoms with Crippen LogP contribution in [0.5, 0.6) is 0 Å². The summed E-state index contributed by atoms with van der Waals surface area (Å²) in [6.07, 6.45) is 2.15. The van der Waals surface area contributed by atoms with Gasteiger partial charge in [0.25, 0.3) is 0 Å². The molecular weight excluding hydrogens is 448 g/mol. The Morgan fingerprint density at radius 2 is 1.65 bits per heavy atom. The van der Waals surface area contributed by atoms with Crippen molar-refractivity contribution in [3.05, 3.63) is 65.7 Å². The second kappa shape index (κ2) is 8.80. The second-order valence-corrected chi connectivity index (χ2v) is 13.1. The van der Waals surface area contributed by atoms with E-state index in [1.54, 1.807) is 30.3 Å². The van der Waals surface area contributed by atoms with Crippen molar-refractivity contribution in [1.82, 2.24) is 0 Å². The van der Waals surface area contributed by atoms with Crippen LogP contribution in [0.15, 0.2) is 59.5 Å². The highest BCUT2D eigenvalue weighted by molar-refractivity contribution is 7.93. The maximum absolute atomic E-state index is 14.3. The molecule has 3 aliphatic rings. The Kier molecular flexibility index (Phi) is 6.09. The van der Waals surface area contributed by atoms with E-state index in [4.69, 9.17) is 9.47 Å². The minimum absolute atomic E-state index is 0.132. The molecule has 1 saturated carbocycles. The first kappa shape index (κ1) is 23.6. The second-order valence-electron chi connectivity index (χ2n) is 10.8. The molecule has 2 aromatic carbocycles. The van der Waals surface area contributed by atoms with Gasteiger partial charge in [-0.15, -0.1) is 0 Å². The van der Waals surface area contributed by atoms with Crippen LogP contribution >= 0.6 is 0 Å². The summed E-state index contributed by atoms with van der Waals surface area (Å²) in [5, 5.41) is 0. The molecule has 34 heavy (non-hydrogen) atoms. The van der Waals surface area contributed by atoms with Crippen molar-refractivity contribution in [2.45, 2.75) is 74.9 Å². The maximum Gasteiger partial charge on any atom is 0.313 e. The zero-order valence-electron chi connectivity index (χ0n) is 20.1. The molecule has 2 aromatic rings. The van der Waals surface area contributed by atoms with Crippen molar-refractivity contribution < 1.29 is 22.7 Å². The molecule has 1 heterocycles. The number of hydrogen-bond acceptors (Lipinski definition) is 5. The molecule has 0 spiro atoms. The predicted molar refractivity (Wildman–Crippen MR) is 130 cm³/mol. The molecule has 6 atom stereocenters. The molecule has 0 bridgehead atoms. The third kappa shape index (κ3) is 3.79. The predicted octanol–water partition coefficient (Wildman–Crippen LogP) is 4.97. The number of sulfone groups is 1. The first-order valence-electron chi connectivity index (χ1n) is 12.4. The van der Waals surface area contributed by atoms with Crippen LogP contribution < -0.4 is 0 Å². The van der Waals surface area contributed by atoms with Crippen molar-refractivity contribution in [3.8, 4) is 0 Å². The van der Waals surface area contributed by atoms with E-state index in [1.165, 1.54) is 0 Å². The smallest absolute Gasteiger partial charge is 0.313 e. The number of carbonyl (C=O) groups excluding carboxylic acids is 1. The summed E-state index contributed by atoms with van der Waals surface area (Å²) in [5.74, 6) is 0.252. The third-order valence-corrected chi connectivity index (χ3v) is 10.8. The van der Waals surface area contributed by atoms with E-state index in [1.807, 2.05) is 24.3 Å². The third-order valence-electron chi connectivity index (χ3n) is 8.25. The molecule has 5 rings (SSSR count). The highest BCUT2D eigenvalue weighted by Gasteiger charge is 2.68. The van der Waals surface area contributed by atoms with Crippen LogP contribution in [0.4, 0.5) is 0 Å². The van der Waals surface area contributed by atoms with Crippen molar-refractivity contribution in [3.63, 3.8) is 0 Å². The number of esters is 1. The minimum atomic E-state index is -3.95. The van der Waals surface area contributed by atoms with Gasteiger partial charge in [-0.3, -0.25) is 4.79 Å². The van der Waals surface area contributed by atoms with E-state index in [0.717, 1.165) is 30.4 Å². The lowest BCUT2D eigenvalue weighted by molar-refractivity contribution is -0.184. The molecule has 0 amide bonds. The van der Waals surface area contributed by atoms with E-state index < -0.39 is 32.8 Å². The SMILES string of the molecule is CC(C)[C@@H]1C[C@@H](C)C[C@@H](O[C@@H]2OC(=O)[C@H]3Cc4ccccc4C[C@@]23S(=O)(=O)c2ccccc2)C1. The molecule has 2 fully saturated rings. The number of fused-ring (bicyclic) bond motifs is 2. The summed E-state index contributed by atoms with van der Waals surface area (Å²) >= 11 is 0. The Hall–Kier alpha value is -2.18. The standard InChI is InChI=1S/C28H34O5S/c1-18(2)22-13-19(3)14-23(15-22)32-27-28(34(30,31)24-11-5-4-6-12-24)17-21-10-8-7-9-20(21)16-25(28)26(29)33-27/h4-12,18-19,22-23,25,27H,13-17H2,1-3H3/t19-,22-,23-,25-,27-,28+/m1/s1. The highest BCUT2D eigenvalue weighted by Crippen LogP contribution is 2.51. The zero-order chi connectivity index (χ0) is 24.1. The van der Waals surface area contributed by atoms with Gasteiger partial charge in [0.2, 0.25) is 6.29 Å². The molecule has 182 valence electrons. The molecule has 1 saturated heterocycles. The van der Waals surface area contributed by atoms with E-state index >= 15 is 0 Å². The largest absolute Gasteiger partial charge is 0.434 e. The highest BCUT2D eigenvalue weighted by atomic mass is 32.2. The quantitative estimate of drug-likeness (QED) is 0.563. The summed E-state index contributed by atoms with van der Waals surface area (Å²) in [6, 6.07) is 16.3. The van der Waals surface area contributed by atoms with Gasteiger partial charge in [-0.2, -0.15) is 0 Å². The van der Waals surface area contributed by atoms with Crippen LogP contribution in [0.2, 0.25) is 0 Å². The summed E-state index contributed by atoms with van der Waals surface area (Å²) < 4.78 is 39.6. The Labute approximate surface area is 202 Å². The van der Waals surface area contributed by atoms with Crippen LogP contribution in [0.25, 0.3) is 0 Å². The van der Waals surface area contributed by atoms with Crippen LogP contribution in [-0.4, -0.2) is 31.5 Å². The monoisotopic (exact) mass is 482 g/mol. The molecule has 1 aliphatic heterocycles. The number of carbonyl (C=O) groups is 1. The van der Waals surface area contributed by atoms with Gasteiger partial charge in [-0.25, -0.2) is 8.42 Å². The van der Waals surface area contributed by atoms with Gasteiger partial charge in [0, 0.05) is 0 Å². The van der Waals surface area contributed by atoms with Gasteiger partial charge in [0.15, 0.2) is 14.6 Å². The first-order chi connectivity index (χ1) is 16.2. The van der Waals surface area contributed by atoms with Gasteiger partial charge < -0.3 is 9.47 Å². The van der Waals surface area contributed by atoms with Crippen molar-refractivity contribution in [1.29, 1.82) is 0 Å². The maximum atomic E-state index is 14.3. The summed E-state index contributed by atoms with van der Waals surface area (Å²) in [7, 11) is -3.95. The molecule has 0 unspecified atom stereocenters. The van der Waals surface area contributed by atoms with Gasteiger partial charge in [0.1, 0.15) is 0 Å². The number of hydrogen-bond donors (Lipinski definition) is 0. The number of rotatable bonds is 5. The number of cyclic esters (lactones) is 1. The molecule has 6 heteroatoms. The topological polar surface area (TPSA) is 69.7 Å². The molecule has 5 nitrogen and oxygen atoms in total. The fourth-order valence-electron chi connectivity index (χ4n) is 6.35. The molecule has 2 aliphatic carbocycles. The normalized spacial score (nSPS) is 33.3. The van der Waals surface area contributed by atoms with Crippen LogP contribution in [0, 0.1) is 23.7 Å². The lowest BCUT2D eigenvalue weighted by Crippen LogP contribution is -2.57. The number of ether oxygens (including phenoxy) is 2. The molecule has 0 radical (unpaired) electrons.